The molecule has 0 aromatic carbocycles. The number of aromatic nitrogens is 1. The van der Waals surface area contributed by atoms with Crippen molar-refractivity contribution in [2.24, 2.45) is 5.73 Å². The van der Waals surface area contributed by atoms with Gasteiger partial charge in [0.05, 0.1) is 11.4 Å². The summed E-state index contributed by atoms with van der Waals surface area (Å²) in [6.45, 7) is 9.46. The first kappa shape index (κ1) is 13.3. The van der Waals surface area contributed by atoms with Crippen molar-refractivity contribution in [2.75, 3.05) is 31.1 Å². The smallest absolute Gasteiger partial charge is 0.0772 e. The van der Waals surface area contributed by atoms with Crippen molar-refractivity contribution in [3.05, 3.63) is 24.0 Å². The summed E-state index contributed by atoms with van der Waals surface area (Å²) in [5.41, 5.74) is 7.99. The van der Waals surface area contributed by atoms with Crippen LogP contribution in [-0.4, -0.2) is 42.1 Å². The average Bonchev–Trinajstić information content (AvgIpc) is 2.89. The molecule has 4 nitrogen and oxygen atoms in total. The lowest BCUT2D eigenvalue weighted by molar-refractivity contribution is 0.232. The van der Waals surface area contributed by atoms with Gasteiger partial charge in [0.15, 0.2) is 0 Å². The minimum absolute atomic E-state index is 0.516. The molecule has 1 aromatic rings. The molecule has 0 radical (unpaired) electrons. The van der Waals surface area contributed by atoms with E-state index in [1.165, 1.54) is 12.1 Å². The van der Waals surface area contributed by atoms with E-state index < -0.39 is 0 Å². The van der Waals surface area contributed by atoms with Crippen LogP contribution in [-0.2, 0) is 6.54 Å². The Bertz CT molecular complexity index is 376. The van der Waals surface area contributed by atoms with Gasteiger partial charge < -0.3 is 10.6 Å². The molecular weight excluding hydrogens is 224 g/mol. The fraction of sp³-hybridized carbons (Fsp3) is 0.643. The highest BCUT2D eigenvalue weighted by Crippen LogP contribution is 2.24. The summed E-state index contributed by atoms with van der Waals surface area (Å²) in [7, 11) is 0. The van der Waals surface area contributed by atoms with Gasteiger partial charge in [-0.2, -0.15) is 0 Å². The van der Waals surface area contributed by atoms with Crippen molar-refractivity contribution in [2.45, 2.75) is 32.9 Å². The second-order valence-electron chi connectivity index (χ2n) is 4.78. The van der Waals surface area contributed by atoms with Gasteiger partial charge in [-0.3, -0.25) is 9.88 Å². The zero-order valence-electron chi connectivity index (χ0n) is 11.5. The predicted octanol–water partition coefficient (Wildman–Crippen LogP) is 1.46. The molecule has 2 heterocycles. The maximum atomic E-state index is 5.77. The maximum Gasteiger partial charge on any atom is 0.0772 e. The van der Waals surface area contributed by atoms with E-state index in [2.05, 4.69) is 34.7 Å². The van der Waals surface area contributed by atoms with Crippen molar-refractivity contribution < 1.29 is 0 Å². The lowest BCUT2D eigenvalue weighted by atomic mass is 10.2. The van der Waals surface area contributed by atoms with E-state index in [0.717, 1.165) is 31.9 Å². The van der Waals surface area contributed by atoms with Gasteiger partial charge in [-0.05, 0) is 31.6 Å². The molecule has 0 saturated carbocycles. The summed E-state index contributed by atoms with van der Waals surface area (Å²) in [6, 6.07) is 4.81. The first-order chi connectivity index (χ1) is 8.80. The number of hydrogen-bond donors (Lipinski definition) is 1. The van der Waals surface area contributed by atoms with Crippen LogP contribution in [0.4, 0.5) is 5.69 Å². The van der Waals surface area contributed by atoms with Crippen molar-refractivity contribution in [3.63, 3.8) is 0 Å². The average molecular weight is 248 g/mol. The molecule has 2 rings (SSSR count). The fourth-order valence-electron chi connectivity index (χ4n) is 2.87. The molecule has 1 aliphatic heterocycles. The van der Waals surface area contributed by atoms with E-state index in [1.807, 2.05) is 12.3 Å². The first-order valence-corrected chi connectivity index (χ1v) is 6.93. The number of rotatable bonds is 5. The van der Waals surface area contributed by atoms with Crippen LogP contribution in [0, 0.1) is 0 Å². The molecule has 1 atom stereocenters. The standard InChI is InChI=1S/C14H24N4/c1-3-17(4-2)12-7-9-18(11-12)14-6-5-8-16-13(14)10-15/h5-6,8,12H,3-4,7,9-11,15H2,1-2H3. The van der Waals surface area contributed by atoms with Crippen molar-refractivity contribution in [1.29, 1.82) is 0 Å². The summed E-state index contributed by atoms with van der Waals surface area (Å²) in [5.74, 6) is 0. The quantitative estimate of drug-likeness (QED) is 0.857. The van der Waals surface area contributed by atoms with Crippen molar-refractivity contribution >= 4 is 5.69 Å². The monoisotopic (exact) mass is 248 g/mol. The van der Waals surface area contributed by atoms with E-state index in [4.69, 9.17) is 5.73 Å². The Morgan fingerprint density at radius 1 is 1.44 bits per heavy atom. The van der Waals surface area contributed by atoms with Gasteiger partial charge in [-0.15, -0.1) is 0 Å². The lowest BCUT2D eigenvalue weighted by Crippen LogP contribution is -2.37. The number of hydrogen-bond acceptors (Lipinski definition) is 4. The van der Waals surface area contributed by atoms with Crippen LogP contribution in [0.15, 0.2) is 18.3 Å². The summed E-state index contributed by atoms with van der Waals surface area (Å²) in [4.78, 5) is 9.34. The molecule has 0 spiro atoms. The van der Waals surface area contributed by atoms with Gasteiger partial charge in [-0.25, -0.2) is 0 Å². The highest BCUT2D eigenvalue weighted by molar-refractivity contribution is 5.51. The third-order valence-corrected chi connectivity index (χ3v) is 3.89. The number of pyridine rings is 1. The van der Waals surface area contributed by atoms with E-state index >= 15 is 0 Å². The topological polar surface area (TPSA) is 45.4 Å². The summed E-state index contributed by atoms with van der Waals surface area (Å²) >= 11 is 0. The van der Waals surface area contributed by atoms with Crippen LogP contribution < -0.4 is 10.6 Å². The van der Waals surface area contributed by atoms with Crippen LogP contribution in [0.1, 0.15) is 26.0 Å². The van der Waals surface area contributed by atoms with Gasteiger partial charge in [0.1, 0.15) is 0 Å². The van der Waals surface area contributed by atoms with Crippen LogP contribution in [0.5, 0.6) is 0 Å². The summed E-state index contributed by atoms with van der Waals surface area (Å²) < 4.78 is 0. The highest BCUT2D eigenvalue weighted by Gasteiger charge is 2.27. The van der Waals surface area contributed by atoms with E-state index in [9.17, 15) is 0 Å². The van der Waals surface area contributed by atoms with Crippen LogP contribution in [0.3, 0.4) is 0 Å². The number of likely N-dealkylation sites (N-methyl/N-ethyl adjacent to an activating group) is 1. The highest BCUT2D eigenvalue weighted by atomic mass is 15.3. The van der Waals surface area contributed by atoms with Gasteiger partial charge in [0, 0.05) is 31.9 Å². The molecular formula is C14H24N4. The number of anilines is 1. The molecule has 0 amide bonds. The summed E-state index contributed by atoms with van der Waals surface area (Å²) in [5, 5.41) is 0. The zero-order chi connectivity index (χ0) is 13.0. The summed E-state index contributed by atoms with van der Waals surface area (Å²) in [6.07, 6.45) is 3.06. The molecule has 0 aliphatic carbocycles. The Balaban J connectivity index is 2.08. The zero-order valence-corrected chi connectivity index (χ0v) is 11.5. The predicted molar refractivity (Wildman–Crippen MR) is 75.7 cm³/mol. The fourth-order valence-corrected chi connectivity index (χ4v) is 2.87. The Labute approximate surface area is 110 Å². The molecule has 1 fully saturated rings. The third kappa shape index (κ3) is 2.65. The molecule has 1 saturated heterocycles. The number of nitrogens with two attached hydrogens (primary N) is 1. The Morgan fingerprint density at radius 3 is 2.89 bits per heavy atom. The van der Waals surface area contributed by atoms with E-state index in [1.54, 1.807) is 0 Å². The molecule has 4 heteroatoms. The van der Waals surface area contributed by atoms with Crippen molar-refractivity contribution in [1.82, 2.24) is 9.88 Å². The van der Waals surface area contributed by atoms with Gasteiger partial charge >= 0.3 is 0 Å². The Hall–Kier alpha value is -1.13. The van der Waals surface area contributed by atoms with E-state index in [-0.39, 0.29) is 0 Å². The SMILES string of the molecule is CCN(CC)C1CCN(c2cccnc2CN)C1. The van der Waals surface area contributed by atoms with E-state index in [0.29, 0.717) is 12.6 Å². The molecule has 100 valence electrons. The van der Waals surface area contributed by atoms with Gasteiger partial charge in [0.25, 0.3) is 0 Å². The van der Waals surface area contributed by atoms with Crippen LogP contribution in [0.2, 0.25) is 0 Å². The number of nitrogens with zero attached hydrogens (tertiary/aromatic N) is 3. The third-order valence-electron chi connectivity index (χ3n) is 3.89. The molecule has 1 unspecified atom stereocenters. The second kappa shape index (κ2) is 6.16. The molecule has 18 heavy (non-hydrogen) atoms. The first-order valence-electron chi connectivity index (χ1n) is 6.93. The lowest BCUT2D eigenvalue weighted by Gasteiger charge is -2.27. The molecule has 1 aliphatic rings. The Morgan fingerprint density at radius 2 is 2.22 bits per heavy atom. The maximum absolute atomic E-state index is 5.77. The van der Waals surface area contributed by atoms with Crippen LogP contribution >= 0.6 is 0 Å². The minimum atomic E-state index is 0.516. The second-order valence-corrected chi connectivity index (χ2v) is 4.78. The van der Waals surface area contributed by atoms with Crippen LogP contribution in [0.25, 0.3) is 0 Å². The molecule has 0 bridgehead atoms. The minimum Gasteiger partial charge on any atom is -0.368 e. The van der Waals surface area contributed by atoms with Gasteiger partial charge in [-0.1, -0.05) is 13.8 Å². The largest absolute Gasteiger partial charge is 0.368 e. The Kier molecular flexibility index (Phi) is 4.55. The van der Waals surface area contributed by atoms with Gasteiger partial charge in [0.2, 0.25) is 0 Å². The van der Waals surface area contributed by atoms with Crippen molar-refractivity contribution in [3.8, 4) is 0 Å². The normalized spacial score (nSPS) is 19.8. The molecule has 1 aromatic heterocycles. The molecule has 2 N–H and O–H groups in total.